The average Bonchev–Trinajstić information content (AvgIpc) is 3.18. The first-order valence-corrected chi connectivity index (χ1v) is 8.40. The van der Waals surface area contributed by atoms with E-state index in [1.54, 1.807) is 0 Å². The lowest BCUT2D eigenvalue weighted by molar-refractivity contribution is 0.252. The van der Waals surface area contributed by atoms with Gasteiger partial charge in [0.05, 0.1) is 5.52 Å². The number of fused-ring (bicyclic) bond motifs is 1. The van der Waals surface area contributed by atoms with Gasteiger partial charge in [0.25, 0.3) is 0 Å². The Hall–Kier alpha value is -1.71. The van der Waals surface area contributed by atoms with Gasteiger partial charge in [-0.3, -0.25) is 9.88 Å². The Balaban J connectivity index is 1.65. The third-order valence-electron chi connectivity index (χ3n) is 4.32. The number of para-hydroxylation sites is 1. The Labute approximate surface area is 129 Å². The molecule has 0 saturated carbocycles. The molecular formula is C18H18N2S. The van der Waals surface area contributed by atoms with E-state index >= 15 is 0 Å². The number of rotatable bonds is 3. The number of aromatic nitrogens is 1. The van der Waals surface area contributed by atoms with Gasteiger partial charge in [0.2, 0.25) is 0 Å². The molecule has 0 N–H and O–H groups in total. The lowest BCUT2D eigenvalue weighted by atomic mass is 10.1. The third-order valence-corrected chi connectivity index (χ3v) is 5.30. The SMILES string of the molecule is c1csc(C2CCCN2Cc2cccc3cccnc23)c1. The van der Waals surface area contributed by atoms with Gasteiger partial charge in [-0.1, -0.05) is 30.3 Å². The fourth-order valence-corrected chi connectivity index (χ4v) is 4.23. The number of nitrogens with zero attached hydrogens (tertiary/aromatic N) is 2. The molecule has 1 atom stereocenters. The van der Waals surface area contributed by atoms with Crippen molar-refractivity contribution in [3.05, 3.63) is 64.5 Å². The van der Waals surface area contributed by atoms with Crippen LogP contribution in [-0.2, 0) is 6.54 Å². The minimum absolute atomic E-state index is 0.587. The molecule has 1 aliphatic heterocycles. The van der Waals surface area contributed by atoms with Crippen molar-refractivity contribution in [2.45, 2.75) is 25.4 Å². The second-order valence-corrected chi connectivity index (χ2v) is 6.62. The molecule has 2 aromatic heterocycles. The molecule has 1 fully saturated rings. The highest BCUT2D eigenvalue weighted by atomic mass is 32.1. The van der Waals surface area contributed by atoms with E-state index in [1.165, 1.54) is 35.2 Å². The number of hydrogen-bond donors (Lipinski definition) is 0. The van der Waals surface area contributed by atoms with E-state index < -0.39 is 0 Å². The summed E-state index contributed by atoms with van der Waals surface area (Å²) in [6.07, 6.45) is 4.46. The molecule has 3 heterocycles. The number of hydrogen-bond acceptors (Lipinski definition) is 3. The van der Waals surface area contributed by atoms with E-state index in [0.717, 1.165) is 12.1 Å². The standard InChI is InChI=1S/C18H18N2S/c1-5-14-7-2-10-19-18(14)15(6-1)13-20-11-3-8-16(20)17-9-4-12-21-17/h1-2,4-7,9-10,12,16H,3,8,11,13H2. The van der Waals surface area contributed by atoms with Crippen LogP contribution in [0.4, 0.5) is 0 Å². The van der Waals surface area contributed by atoms with Gasteiger partial charge in [-0.25, -0.2) is 0 Å². The predicted octanol–water partition coefficient (Wildman–Crippen LogP) is 4.63. The lowest BCUT2D eigenvalue weighted by Gasteiger charge is -2.24. The summed E-state index contributed by atoms with van der Waals surface area (Å²) in [5.41, 5.74) is 2.49. The fourth-order valence-electron chi connectivity index (χ4n) is 3.33. The Morgan fingerprint density at radius 2 is 2.10 bits per heavy atom. The number of pyridine rings is 1. The highest BCUT2D eigenvalue weighted by molar-refractivity contribution is 7.10. The van der Waals surface area contributed by atoms with Crippen molar-refractivity contribution in [3.8, 4) is 0 Å². The smallest absolute Gasteiger partial charge is 0.0746 e. The lowest BCUT2D eigenvalue weighted by Crippen LogP contribution is -2.22. The van der Waals surface area contributed by atoms with E-state index in [9.17, 15) is 0 Å². The first kappa shape index (κ1) is 13.0. The molecule has 1 aromatic carbocycles. The van der Waals surface area contributed by atoms with Crippen molar-refractivity contribution in [3.63, 3.8) is 0 Å². The second kappa shape index (κ2) is 5.58. The molecule has 0 bridgehead atoms. The van der Waals surface area contributed by atoms with Gasteiger partial charge in [-0.15, -0.1) is 11.3 Å². The summed E-state index contributed by atoms with van der Waals surface area (Å²) in [5, 5.41) is 3.42. The Bertz CT molecular complexity index is 731. The van der Waals surface area contributed by atoms with E-state index in [4.69, 9.17) is 0 Å². The third kappa shape index (κ3) is 2.47. The molecule has 3 aromatic rings. The van der Waals surface area contributed by atoms with Crippen LogP contribution < -0.4 is 0 Å². The molecule has 4 rings (SSSR count). The summed E-state index contributed by atoms with van der Waals surface area (Å²) in [6, 6.07) is 15.7. The van der Waals surface area contributed by atoms with Crippen molar-refractivity contribution in [1.29, 1.82) is 0 Å². The number of benzene rings is 1. The van der Waals surface area contributed by atoms with Crippen LogP contribution in [0.2, 0.25) is 0 Å². The molecule has 0 spiro atoms. The van der Waals surface area contributed by atoms with Gasteiger partial charge < -0.3 is 0 Å². The molecule has 1 aliphatic rings. The van der Waals surface area contributed by atoms with Crippen LogP contribution in [-0.4, -0.2) is 16.4 Å². The minimum atomic E-state index is 0.587. The van der Waals surface area contributed by atoms with Crippen molar-refractivity contribution in [1.82, 2.24) is 9.88 Å². The van der Waals surface area contributed by atoms with E-state index in [1.807, 2.05) is 23.6 Å². The zero-order chi connectivity index (χ0) is 14.1. The molecule has 21 heavy (non-hydrogen) atoms. The molecule has 3 heteroatoms. The number of likely N-dealkylation sites (tertiary alicyclic amines) is 1. The van der Waals surface area contributed by atoms with Crippen molar-refractivity contribution in [2.75, 3.05) is 6.54 Å². The second-order valence-electron chi connectivity index (χ2n) is 5.64. The maximum atomic E-state index is 4.59. The van der Waals surface area contributed by atoms with Gasteiger partial charge in [0.15, 0.2) is 0 Å². The molecular weight excluding hydrogens is 276 g/mol. The van der Waals surface area contributed by atoms with E-state index in [2.05, 4.69) is 51.7 Å². The van der Waals surface area contributed by atoms with Crippen molar-refractivity contribution >= 4 is 22.2 Å². The van der Waals surface area contributed by atoms with Crippen LogP contribution in [0, 0.1) is 0 Å². The Kier molecular flexibility index (Phi) is 3.45. The Morgan fingerprint density at radius 3 is 3.00 bits per heavy atom. The zero-order valence-corrected chi connectivity index (χ0v) is 12.7. The average molecular weight is 294 g/mol. The fraction of sp³-hybridized carbons (Fsp3) is 0.278. The van der Waals surface area contributed by atoms with Crippen LogP contribution in [0.5, 0.6) is 0 Å². The summed E-state index contributed by atoms with van der Waals surface area (Å²) >= 11 is 1.88. The quantitative estimate of drug-likeness (QED) is 0.700. The van der Waals surface area contributed by atoms with Gasteiger partial charge in [-0.05, 0) is 42.5 Å². The summed E-state index contributed by atoms with van der Waals surface area (Å²) in [6.45, 7) is 2.18. The summed E-state index contributed by atoms with van der Waals surface area (Å²) in [7, 11) is 0. The first-order chi connectivity index (χ1) is 10.4. The molecule has 1 saturated heterocycles. The van der Waals surface area contributed by atoms with E-state index in [0.29, 0.717) is 6.04 Å². The molecule has 0 amide bonds. The van der Waals surface area contributed by atoms with Crippen molar-refractivity contribution < 1.29 is 0 Å². The largest absolute Gasteiger partial charge is 0.291 e. The normalized spacial score (nSPS) is 19.3. The predicted molar refractivity (Wildman–Crippen MR) is 88.4 cm³/mol. The minimum Gasteiger partial charge on any atom is -0.291 e. The van der Waals surface area contributed by atoms with Crippen LogP contribution >= 0.6 is 11.3 Å². The highest BCUT2D eigenvalue weighted by Gasteiger charge is 2.26. The van der Waals surface area contributed by atoms with E-state index in [-0.39, 0.29) is 0 Å². The van der Waals surface area contributed by atoms with Crippen LogP contribution in [0.15, 0.2) is 54.0 Å². The Morgan fingerprint density at radius 1 is 1.14 bits per heavy atom. The van der Waals surface area contributed by atoms with Crippen LogP contribution in [0.3, 0.4) is 0 Å². The summed E-state index contributed by atoms with van der Waals surface area (Å²) in [4.78, 5) is 8.69. The highest BCUT2D eigenvalue weighted by Crippen LogP contribution is 2.36. The monoisotopic (exact) mass is 294 g/mol. The molecule has 2 nitrogen and oxygen atoms in total. The summed E-state index contributed by atoms with van der Waals surface area (Å²) < 4.78 is 0. The maximum Gasteiger partial charge on any atom is 0.0746 e. The van der Waals surface area contributed by atoms with Crippen LogP contribution in [0.25, 0.3) is 10.9 Å². The van der Waals surface area contributed by atoms with Crippen molar-refractivity contribution in [2.24, 2.45) is 0 Å². The molecule has 0 aliphatic carbocycles. The number of thiophene rings is 1. The molecule has 1 unspecified atom stereocenters. The molecule has 0 radical (unpaired) electrons. The van der Waals surface area contributed by atoms with Gasteiger partial charge in [-0.2, -0.15) is 0 Å². The van der Waals surface area contributed by atoms with Gasteiger partial charge in [0.1, 0.15) is 0 Å². The molecule has 106 valence electrons. The zero-order valence-electron chi connectivity index (χ0n) is 11.9. The van der Waals surface area contributed by atoms with Crippen LogP contribution in [0.1, 0.15) is 29.3 Å². The maximum absolute atomic E-state index is 4.59. The first-order valence-electron chi connectivity index (χ1n) is 7.52. The van der Waals surface area contributed by atoms with Gasteiger partial charge in [0, 0.05) is 29.0 Å². The van der Waals surface area contributed by atoms with Gasteiger partial charge >= 0.3 is 0 Å². The summed E-state index contributed by atoms with van der Waals surface area (Å²) in [5.74, 6) is 0. The topological polar surface area (TPSA) is 16.1 Å².